The van der Waals surface area contributed by atoms with Gasteiger partial charge in [0.05, 0.1) is 12.5 Å². The van der Waals surface area contributed by atoms with Crippen LogP contribution in [0.5, 0.6) is 0 Å². The third-order valence-electron chi connectivity index (χ3n) is 0.473. The van der Waals surface area contributed by atoms with Gasteiger partial charge in [0.15, 0.2) is 0 Å². The van der Waals surface area contributed by atoms with Gasteiger partial charge in [-0.15, -0.1) is 0 Å². The van der Waals surface area contributed by atoms with Crippen molar-refractivity contribution in [2.75, 3.05) is 0 Å². The quantitative estimate of drug-likeness (QED) is 0.515. The van der Waals surface area contributed by atoms with Crippen LogP contribution in [0.4, 0.5) is 0 Å². The van der Waals surface area contributed by atoms with Crippen molar-refractivity contribution < 1.29 is 0 Å². The summed E-state index contributed by atoms with van der Waals surface area (Å²) in [5.74, 6) is 0. The molecule has 0 unspecified atom stereocenters. The van der Waals surface area contributed by atoms with Crippen LogP contribution in [0.3, 0.4) is 0 Å². The van der Waals surface area contributed by atoms with Crippen LogP contribution in [-0.2, 0) is 0 Å². The number of aromatic amines is 1. The van der Waals surface area contributed by atoms with Crippen LogP contribution in [-0.4, -0.2) is 9.97 Å². The lowest BCUT2D eigenvalue weighted by molar-refractivity contribution is 1.21. The van der Waals surface area contributed by atoms with Crippen molar-refractivity contribution in [2.45, 2.75) is 5.03 Å². The molecule has 2 nitrogen and oxygen atoms in total. The molecule has 1 aromatic rings. The zero-order chi connectivity index (χ0) is 4.41. The summed E-state index contributed by atoms with van der Waals surface area (Å²) < 4.78 is 0. The maximum absolute atomic E-state index is 4.63. The molecule has 0 fully saturated rings. The molecular formula is C3H3N2S. The Morgan fingerprint density at radius 1 is 1.83 bits per heavy atom. The standard InChI is InChI=1S/C3H3N2S/c6-3-1-4-2-5-3/h1-2H,(H,4,5). The number of hydrogen-bond acceptors (Lipinski definition) is 1. The SMILES string of the molecule is [S]c1cnc[nH]1. The average Bonchev–Trinajstić information content (AvgIpc) is 1.86. The number of hydrogen-bond donors (Lipinski definition) is 1. The molecule has 0 bridgehead atoms. The Morgan fingerprint density at radius 2 is 2.67 bits per heavy atom. The molecule has 0 aliphatic rings. The molecule has 1 aromatic heterocycles. The minimum Gasteiger partial charge on any atom is -0.336 e. The van der Waals surface area contributed by atoms with E-state index in [2.05, 4.69) is 22.6 Å². The van der Waals surface area contributed by atoms with Crippen molar-refractivity contribution in [1.29, 1.82) is 0 Å². The highest BCUT2D eigenvalue weighted by Crippen LogP contribution is 1.92. The lowest BCUT2D eigenvalue weighted by Gasteiger charge is -1.64. The van der Waals surface area contributed by atoms with Crippen LogP contribution in [0, 0.1) is 0 Å². The molecule has 31 valence electrons. The molecule has 1 heterocycles. The normalized spacial score (nSPS) is 8.67. The predicted octanol–water partition coefficient (Wildman–Crippen LogP) is 0.966. The Bertz CT molecular complexity index is 112. The summed E-state index contributed by atoms with van der Waals surface area (Å²) in [6.07, 6.45) is 3.15. The van der Waals surface area contributed by atoms with Gasteiger partial charge in [0.25, 0.3) is 0 Å². The van der Waals surface area contributed by atoms with E-state index >= 15 is 0 Å². The summed E-state index contributed by atoms with van der Waals surface area (Å²) in [6.45, 7) is 0. The fraction of sp³-hybridized carbons (Fsp3) is 0. The molecule has 0 aromatic carbocycles. The zero-order valence-corrected chi connectivity index (χ0v) is 3.83. The second kappa shape index (κ2) is 1.26. The first-order valence-corrected chi connectivity index (χ1v) is 1.96. The van der Waals surface area contributed by atoms with Gasteiger partial charge in [-0.3, -0.25) is 0 Å². The van der Waals surface area contributed by atoms with E-state index in [-0.39, 0.29) is 0 Å². The first kappa shape index (κ1) is 3.61. The van der Waals surface area contributed by atoms with Gasteiger partial charge in [0, 0.05) is 0 Å². The maximum atomic E-state index is 4.63. The van der Waals surface area contributed by atoms with E-state index in [9.17, 15) is 0 Å². The number of aromatic nitrogens is 2. The molecule has 1 radical (unpaired) electrons. The van der Waals surface area contributed by atoms with Crippen LogP contribution in [0.25, 0.3) is 0 Å². The summed E-state index contributed by atoms with van der Waals surface area (Å²) in [7, 11) is 0. The zero-order valence-electron chi connectivity index (χ0n) is 3.01. The van der Waals surface area contributed by atoms with Crippen LogP contribution in [0.15, 0.2) is 17.6 Å². The summed E-state index contributed by atoms with van der Waals surface area (Å²) in [5.41, 5.74) is 0. The lowest BCUT2D eigenvalue weighted by Crippen LogP contribution is -1.51. The molecule has 0 aliphatic heterocycles. The highest BCUT2D eigenvalue weighted by atomic mass is 32.1. The van der Waals surface area contributed by atoms with E-state index in [1.165, 1.54) is 0 Å². The lowest BCUT2D eigenvalue weighted by atomic mass is 11.0. The largest absolute Gasteiger partial charge is 0.336 e. The Morgan fingerprint density at radius 3 is 2.83 bits per heavy atom. The van der Waals surface area contributed by atoms with Crippen LogP contribution >= 0.6 is 12.6 Å². The van der Waals surface area contributed by atoms with Crippen molar-refractivity contribution in [1.82, 2.24) is 9.97 Å². The molecule has 0 atom stereocenters. The average molecular weight is 99.1 g/mol. The van der Waals surface area contributed by atoms with E-state index < -0.39 is 0 Å². The molecule has 0 spiro atoms. The van der Waals surface area contributed by atoms with Gasteiger partial charge < -0.3 is 4.98 Å². The summed E-state index contributed by atoms with van der Waals surface area (Å²) >= 11 is 4.63. The fourth-order valence-electron chi connectivity index (χ4n) is 0.243. The van der Waals surface area contributed by atoms with Crippen LogP contribution < -0.4 is 0 Å². The minimum atomic E-state index is 0.690. The molecule has 0 saturated carbocycles. The molecular weight excluding hydrogens is 96.1 g/mol. The van der Waals surface area contributed by atoms with E-state index in [0.29, 0.717) is 5.03 Å². The number of H-pyrrole nitrogens is 1. The van der Waals surface area contributed by atoms with Crippen molar-refractivity contribution >= 4 is 12.6 Å². The van der Waals surface area contributed by atoms with Crippen molar-refractivity contribution in [3.8, 4) is 0 Å². The number of imidazole rings is 1. The van der Waals surface area contributed by atoms with Crippen LogP contribution in [0.2, 0.25) is 0 Å². The van der Waals surface area contributed by atoms with Gasteiger partial charge in [-0.25, -0.2) is 4.98 Å². The number of nitrogens with one attached hydrogen (secondary N) is 1. The highest BCUT2D eigenvalue weighted by molar-refractivity contribution is 7.80. The van der Waals surface area contributed by atoms with Gasteiger partial charge in [0.2, 0.25) is 0 Å². The number of rotatable bonds is 0. The van der Waals surface area contributed by atoms with Gasteiger partial charge in [-0.1, -0.05) is 12.6 Å². The van der Waals surface area contributed by atoms with Crippen molar-refractivity contribution in [3.63, 3.8) is 0 Å². The van der Waals surface area contributed by atoms with E-state index in [1.54, 1.807) is 12.5 Å². The molecule has 0 aliphatic carbocycles. The monoisotopic (exact) mass is 99.0 g/mol. The summed E-state index contributed by atoms with van der Waals surface area (Å²) in [6, 6.07) is 0. The summed E-state index contributed by atoms with van der Waals surface area (Å²) in [4.78, 5) is 6.37. The molecule has 0 amide bonds. The Balaban J connectivity index is 3.05. The fourth-order valence-corrected chi connectivity index (χ4v) is 0.357. The van der Waals surface area contributed by atoms with Crippen LogP contribution in [0.1, 0.15) is 0 Å². The predicted molar refractivity (Wildman–Crippen MR) is 24.4 cm³/mol. The molecule has 1 rings (SSSR count). The number of nitrogens with zero attached hydrogens (tertiary/aromatic N) is 1. The molecule has 1 N–H and O–H groups in total. The third kappa shape index (κ3) is 0.490. The highest BCUT2D eigenvalue weighted by Gasteiger charge is 1.76. The smallest absolute Gasteiger partial charge is 0.122 e. The first-order valence-electron chi connectivity index (χ1n) is 1.55. The molecule has 6 heavy (non-hydrogen) atoms. The first-order chi connectivity index (χ1) is 2.89. The molecule has 0 saturated heterocycles. The van der Waals surface area contributed by atoms with Gasteiger partial charge in [-0.2, -0.15) is 0 Å². The second-order valence-electron chi connectivity index (χ2n) is 0.916. The summed E-state index contributed by atoms with van der Waals surface area (Å²) in [5, 5.41) is 0.690. The van der Waals surface area contributed by atoms with E-state index in [4.69, 9.17) is 0 Å². The van der Waals surface area contributed by atoms with E-state index in [1.807, 2.05) is 0 Å². The Labute approximate surface area is 41.0 Å². The molecule has 3 heteroatoms. The van der Waals surface area contributed by atoms with Crippen molar-refractivity contribution in [3.05, 3.63) is 12.5 Å². The minimum absolute atomic E-state index is 0.690. The Kier molecular flexibility index (Phi) is 0.759. The van der Waals surface area contributed by atoms with Gasteiger partial charge in [-0.05, 0) is 0 Å². The topological polar surface area (TPSA) is 28.7 Å². The third-order valence-corrected chi connectivity index (χ3v) is 0.696. The Hall–Kier alpha value is -0.570. The van der Waals surface area contributed by atoms with E-state index in [0.717, 1.165) is 0 Å². The maximum Gasteiger partial charge on any atom is 0.122 e. The van der Waals surface area contributed by atoms with Crippen molar-refractivity contribution in [2.24, 2.45) is 0 Å². The van der Waals surface area contributed by atoms with Gasteiger partial charge >= 0.3 is 0 Å². The second-order valence-corrected chi connectivity index (χ2v) is 1.36. The van der Waals surface area contributed by atoms with Gasteiger partial charge in [0.1, 0.15) is 5.03 Å².